The van der Waals surface area contributed by atoms with Gasteiger partial charge in [0.2, 0.25) is 0 Å². The van der Waals surface area contributed by atoms with Crippen molar-refractivity contribution in [2.45, 2.75) is 19.0 Å². The minimum absolute atomic E-state index is 0.378. The molecule has 1 aliphatic rings. The highest BCUT2D eigenvalue weighted by atomic mass is 16.5. The van der Waals surface area contributed by atoms with E-state index in [1.807, 2.05) is 54.6 Å². The van der Waals surface area contributed by atoms with E-state index in [2.05, 4.69) is 22.1 Å². The van der Waals surface area contributed by atoms with E-state index in [0.717, 1.165) is 16.8 Å². The lowest BCUT2D eigenvalue weighted by Crippen LogP contribution is -2.59. The maximum Gasteiger partial charge on any atom is 0.318 e. The van der Waals surface area contributed by atoms with Crippen molar-refractivity contribution in [3.63, 3.8) is 0 Å². The molecule has 3 rings (SSSR count). The average molecular weight is 422 g/mol. The number of nitrogens with zero attached hydrogens (tertiary/aromatic N) is 2. The van der Waals surface area contributed by atoms with E-state index in [1.165, 1.54) is 5.48 Å². The molecule has 1 aliphatic heterocycles. The lowest BCUT2D eigenvalue weighted by Gasteiger charge is -2.36. The number of amides is 3. The molecule has 2 atom stereocenters. The second kappa shape index (κ2) is 10.5. The van der Waals surface area contributed by atoms with E-state index in [0.29, 0.717) is 26.2 Å². The largest absolute Gasteiger partial charge is 0.368 e. The molecular weight excluding hydrogens is 394 g/mol. The third kappa shape index (κ3) is 5.98. The van der Waals surface area contributed by atoms with Crippen LogP contribution < -0.4 is 21.4 Å². The lowest BCUT2D eigenvalue weighted by atomic mass is 10.1. The highest BCUT2D eigenvalue weighted by Crippen LogP contribution is 2.17. The van der Waals surface area contributed by atoms with Crippen LogP contribution in [0.3, 0.4) is 0 Å². The van der Waals surface area contributed by atoms with Crippen LogP contribution in [0.5, 0.6) is 0 Å². The summed E-state index contributed by atoms with van der Waals surface area (Å²) < 4.78 is 0. The van der Waals surface area contributed by atoms with Gasteiger partial charge in [-0.2, -0.15) is 0 Å². The fourth-order valence-electron chi connectivity index (χ4n) is 3.32. The number of hydroxylamine groups is 1. The highest BCUT2D eigenvalue weighted by molar-refractivity contribution is 5.87. The molecule has 5 N–H and O–H groups in total. The Morgan fingerprint density at radius 1 is 0.968 bits per heavy atom. The molecule has 2 aromatic carbocycles. The van der Waals surface area contributed by atoms with Crippen molar-refractivity contribution >= 4 is 17.6 Å². The zero-order valence-corrected chi connectivity index (χ0v) is 17.4. The van der Waals surface area contributed by atoms with E-state index in [-0.39, 0.29) is 6.03 Å². The molecule has 0 spiro atoms. The number of rotatable bonds is 4. The Morgan fingerprint density at radius 2 is 1.55 bits per heavy atom. The van der Waals surface area contributed by atoms with Crippen molar-refractivity contribution in [3.8, 4) is 11.8 Å². The summed E-state index contributed by atoms with van der Waals surface area (Å²) in [6, 6.07) is 15.9. The number of hydrogen-bond acceptors (Lipinski definition) is 5. The molecule has 3 amide bonds. The summed E-state index contributed by atoms with van der Waals surface area (Å²) in [5.74, 6) is 5.57. The quantitative estimate of drug-likeness (QED) is 0.336. The number of anilines is 1. The summed E-state index contributed by atoms with van der Waals surface area (Å²) in [4.78, 5) is 28.0. The van der Waals surface area contributed by atoms with Crippen LogP contribution in [0.4, 0.5) is 10.5 Å². The van der Waals surface area contributed by atoms with Crippen molar-refractivity contribution in [3.05, 3.63) is 65.7 Å². The molecule has 1 fully saturated rings. The van der Waals surface area contributed by atoms with Gasteiger partial charge < -0.3 is 20.9 Å². The smallest absolute Gasteiger partial charge is 0.318 e. The predicted molar refractivity (Wildman–Crippen MR) is 119 cm³/mol. The van der Waals surface area contributed by atoms with E-state index in [4.69, 9.17) is 10.9 Å². The first-order valence-corrected chi connectivity index (χ1v) is 10.1. The number of nitrogens with one attached hydrogen (secondary N) is 2. The number of benzene rings is 2. The third-order valence-electron chi connectivity index (χ3n) is 5.12. The van der Waals surface area contributed by atoms with Gasteiger partial charge in [-0.3, -0.25) is 10.0 Å². The zero-order chi connectivity index (χ0) is 22.2. The zero-order valence-electron chi connectivity index (χ0n) is 17.4. The molecule has 31 heavy (non-hydrogen) atoms. The van der Waals surface area contributed by atoms with E-state index in [9.17, 15) is 9.59 Å². The molecular formula is C23H27N5O3. The van der Waals surface area contributed by atoms with Gasteiger partial charge in [0, 0.05) is 49.0 Å². The second-order valence-electron chi connectivity index (χ2n) is 7.40. The Bertz CT molecular complexity index is 943. The lowest BCUT2D eigenvalue weighted by molar-refractivity contribution is -0.131. The predicted octanol–water partition coefficient (Wildman–Crippen LogP) is 1.14. The van der Waals surface area contributed by atoms with Crippen LogP contribution in [0.1, 0.15) is 18.1 Å². The fraction of sp³-hybridized carbons (Fsp3) is 0.304. The van der Waals surface area contributed by atoms with Crippen molar-refractivity contribution in [1.82, 2.24) is 15.7 Å². The highest BCUT2D eigenvalue weighted by Gasteiger charge is 2.28. The molecule has 0 aliphatic carbocycles. The number of piperazine rings is 1. The summed E-state index contributed by atoms with van der Waals surface area (Å²) in [6.07, 6.45) is 0. The molecule has 0 radical (unpaired) electrons. The topological polar surface area (TPSA) is 111 Å². The van der Waals surface area contributed by atoms with Crippen LogP contribution in [0, 0.1) is 11.8 Å². The van der Waals surface area contributed by atoms with Crippen LogP contribution >= 0.6 is 0 Å². The summed E-state index contributed by atoms with van der Waals surface area (Å²) in [7, 11) is 0. The Hall–Kier alpha value is -3.54. The van der Waals surface area contributed by atoms with Gasteiger partial charge in [-0.1, -0.05) is 30.0 Å². The molecule has 0 bridgehead atoms. The monoisotopic (exact) mass is 421 g/mol. The molecule has 8 nitrogen and oxygen atoms in total. The second-order valence-corrected chi connectivity index (χ2v) is 7.40. The first kappa shape index (κ1) is 22.2. The molecule has 0 saturated carbocycles. The maximum absolute atomic E-state index is 12.5. The van der Waals surface area contributed by atoms with Gasteiger partial charge in [0.25, 0.3) is 5.91 Å². The maximum atomic E-state index is 12.5. The molecule has 162 valence electrons. The van der Waals surface area contributed by atoms with Gasteiger partial charge >= 0.3 is 6.03 Å². The number of nitrogens with two attached hydrogens (primary N) is 1. The molecule has 1 heterocycles. The number of carbonyl (C=O) groups excluding carboxylic acids is 2. The average Bonchev–Trinajstić information content (AvgIpc) is 2.81. The summed E-state index contributed by atoms with van der Waals surface area (Å²) in [5.41, 5.74) is 10.3. The molecule has 0 unspecified atom stereocenters. The van der Waals surface area contributed by atoms with Crippen molar-refractivity contribution < 1.29 is 14.8 Å². The summed E-state index contributed by atoms with van der Waals surface area (Å²) >= 11 is 0. The standard InChI is InChI=1S/C23H27N5O3/c1-17(24)21(22(29)26-31)25-23(30)28-15-13-27(14-16-28)20-11-9-19(10-12-20)8-7-18-5-3-2-4-6-18/h2-6,9-12,17,21,31H,13-16,24H2,1H3,(H,25,30)(H,26,29)/t17-,21-/m1/s1. The number of hydrogen-bond donors (Lipinski definition) is 4. The van der Waals surface area contributed by atoms with Crippen LogP contribution in [0.25, 0.3) is 0 Å². The minimum atomic E-state index is -1.000. The van der Waals surface area contributed by atoms with Gasteiger partial charge in [-0.15, -0.1) is 0 Å². The van der Waals surface area contributed by atoms with E-state index >= 15 is 0 Å². The van der Waals surface area contributed by atoms with E-state index in [1.54, 1.807) is 11.8 Å². The van der Waals surface area contributed by atoms with Crippen molar-refractivity contribution in [2.75, 3.05) is 31.1 Å². The Labute approximate surface area is 182 Å². The molecule has 2 aromatic rings. The summed E-state index contributed by atoms with van der Waals surface area (Å²) in [6.45, 7) is 3.93. The number of carbonyl (C=O) groups is 2. The summed E-state index contributed by atoms with van der Waals surface area (Å²) in [5, 5.41) is 11.4. The van der Waals surface area contributed by atoms with Crippen molar-refractivity contribution in [2.24, 2.45) is 5.73 Å². The van der Waals surface area contributed by atoms with Gasteiger partial charge in [0.05, 0.1) is 0 Å². The van der Waals surface area contributed by atoms with Gasteiger partial charge in [0.1, 0.15) is 6.04 Å². The van der Waals surface area contributed by atoms with Crippen LogP contribution in [0.2, 0.25) is 0 Å². The Balaban J connectivity index is 1.54. The molecule has 0 aromatic heterocycles. The van der Waals surface area contributed by atoms with Crippen LogP contribution in [0.15, 0.2) is 54.6 Å². The Kier molecular flexibility index (Phi) is 7.49. The van der Waals surface area contributed by atoms with Crippen molar-refractivity contribution in [1.29, 1.82) is 0 Å². The number of urea groups is 1. The minimum Gasteiger partial charge on any atom is -0.368 e. The fourth-order valence-corrected chi connectivity index (χ4v) is 3.32. The van der Waals surface area contributed by atoms with Crippen LogP contribution in [-0.4, -0.2) is 60.3 Å². The SMILES string of the molecule is C[C@@H](N)[C@@H](NC(=O)N1CCN(c2ccc(C#Cc3ccccc3)cc2)CC1)C(=O)NO. The first-order chi connectivity index (χ1) is 15.0. The molecule has 8 heteroatoms. The van der Waals surface area contributed by atoms with Gasteiger partial charge in [-0.25, -0.2) is 10.3 Å². The van der Waals surface area contributed by atoms with Gasteiger partial charge in [-0.05, 0) is 43.3 Å². The Morgan fingerprint density at radius 3 is 2.10 bits per heavy atom. The van der Waals surface area contributed by atoms with Crippen LogP contribution in [-0.2, 0) is 4.79 Å². The molecule has 1 saturated heterocycles. The normalized spacial score (nSPS) is 15.3. The van der Waals surface area contributed by atoms with E-state index < -0.39 is 18.0 Å². The third-order valence-corrected chi connectivity index (χ3v) is 5.12. The first-order valence-electron chi connectivity index (χ1n) is 10.1. The van der Waals surface area contributed by atoms with Gasteiger partial charge in [0.15, 0.2) is 0 Å².